The van der Waals surface area contributed by atoms with E-state index in [4.69, 9.17) is 23.2 Å². The molecule has 0 bridgehead atoms. The normalized spacial score (nSPS) is 10.9. The van der Waals surface area contributed by atoms with Crippen molar-refractivity contribution in [3.05, 3.63) is 46.0 Å². The van der Waals surface area contributed by atoms with Gasteiger partial charge in [0, 0.05) is 7.05 Å². The van der Waals surface area contributed by atoms with E-state index in [1.165, 1.54) is 29.1 Å². The van der Waals surface area contributed by atoms with E-state index in [1.54, 1.807) is 7.05 Å². The minimum atomic E-state index is -0.895. The van der Waals surface area contributed by atoms with Crippen molar-refractivity contribution in [2.24, 2.45) is 12.2 Å². The van der Waals surface area contributed by atoms with Crippen molar-refractivity contribution in [1.82, 2.24) is 9.78 Å². The summed E-state index contributed by atoms with van der Waals surface area (Å²) in [6.07, 6.45) is 1.46. The van der Waals surface area contributed by atoms with Crippen LogP contribution < -0.4 is 5.32 Å². The lowest BCUT2D eigenvalue weighted by atomic mass is 10.2. The summed E-state index contributed by atoms with van der Waals surface area (Å²) in [6, 6.07) is 4.15. The molecule has 21 heavy (non-hydrogen) atoms. The van der Waals surface area contributed by atoms with Gasteiger partial charge in [0.25, 0.3) is 0 Å². The second kappa shape index (κ2) is 6.55. The Kier molecular flexibility index (Phi) is 4.77. The van der Waals surface area contributed by atoms with Gasteiger partial charge in [-0.05, 0) is 12.1 Å². The zero-order chi connectivity index (χ0) is 15.4. The molecule has 0 saturated carbocycles. The molecule has 0 aliphatic heterocycles. The molecule has 2 aromatic rings. The van der Waals surface area contributed by atoms with Crippen LogP contribution in [0.15, 0.2) is 29.6 Å². The van der Waals surface area contributed by atoms with Crippen LogP contribution in [0.1, 0.15) is 5.56 Å². The second-order valence-electron chi connectivity index (χ2n) is 3.85. The van der Waals surface area contributed by atoms with Gasteiger partial charge in [-0.25, -0.2) is 9.18 Å². The molecular formula is C12H9Cl2FN4O2. The van der Waals surface area contributed by atoms with Gasteiger partial charge in [-0.2, -0.15) is 5.10 Å². The maximum absolute atomic E-state index is 13.4. The first-order valence-electron chi connectivity index (χ1n) is 5.62. The number of nitrogens with one attached hydrogen (secondary N) is 1. The molecule has 0 atom stereocenters. The number of benzene rings is 1. The molecule has 1 aromatic heterocycles. The first-order valence-corrected chi connectivity index (χ1v) is 6.37. The highest BCUT2D eigenvalue weighted by Gasteiger charge is 2.10. The third-order valence-electron chi connectivity index (χ3n) is 2.42. The summed E-state index contributed by atoms with van der Waals surface area (Å²) >= 11 is 11.6. The minimum Gasteiger partial charge on any atom is -0.298 e. The van der Waals surface area contributed by atoms with Crippen molar-refractivity contribution in [2.75, 3.05) is 5.32 Å². The average Bonchev–Trinajstić information content (AvgIpc) is 2.74. The van der Waals surface area contributed by atoms with E-state index in [9.17, 15) is 9.18 Å². The summed E-state index contributed by atoms with van der Waals surface area (Å²) in [5.41, 5.74) is 0.287. The maximum Gasteiger partial charge on any atom is 0.437 e. The van der Waals surface area contributed by atoms with E-state index in [0.29, 0.717) is 0 Å². The zero-order valence-corrected chi connectivity index (χ0v) is 12.2. The predicted molar refractivity (Wildman–Crippen MR) is 77.3 cm³/mol. The monoisotopic (exact) mass is 330 g/mol. The van der Waals surface area contributed by atoms with Crippen LogP contribution in [0.4, 0.5) is 14.9 Å². The molecule has 1 aromatic carbocycles. The first-order chi connectivity index (χ1) is 9.99. The molecule has 110 valence electrons. The quantitative estimate of drug-likeness (QED) is 0.532. The van der Waals surface area contributed by atoms with Crippen molar-refractivity contribution < 1.29 is 14.0 Å². The van der Waals surface area contributed by atoms with E-state index in [2.05, 4.69) is 20.4 Å². The van der Waals surface area contributed by atoms with Gasteiger partial charge in [0.15, 0.2) is 5.15 Å². The number of hydrogen-bond donors (Lipinski definition) is 1. The van der Waals surface area contributed by atoms with Crippen LogP contribution in [0.25, 0.3) is 0 Å². The molecule has 0 fully saturated rings. The van der Waals surface area contributed by atoms with Crippen LogP contribution in [0, 0.1) is 5.82 Å². The Morgan fingerprint density at radius 3 is 2.90 bits per heavy atom. The summed E-state index contributed by atoms with van der Waals surface area (Å²) < 4.78 is 14.8. The molecule has 0 spiro atoms. The molecule has 0 unspecified atom stereocenters. The molecule has 1 amide bonds. The lowest BCUT2D eigenvalue weighted by molar-refractivity contribution is 0.167. The number of rotatable bonds is 3. The Morgan fingerprint density at radius 2 is 2.29 bits per heavy atom. The fourth-order valence-corrected chi connectivity index (χ4v) is 1.75. The highest BCUT2D eigenvalue weighted by Crippen LogP contribution is 2.20. The standard InChI is InChI=1S/C12H9Cl2FN4O2/c1-19-11(14)10(6-16-19)18-12(20)21-17-5-7-8(13)3-2-4-9(7)15/h2-6H,1H3,(H,18,20). The number of halogens is 3. The lowest BCUT2D eigenvalue weighted by Gasteiger charge is -2.01. The number of amides is 1. The van der Waals surface area contributed by atoms with Crippen molar-refractivity contribution in [2.45, 2.75) is 0 Å². The van der Waals surface area contributed by atoms with E-state index >= 15 is 0 Å². The Bertz CT molecular complexity index is 682. The number of hydrogen-bond acceptors (Lipinski definition) is 4. The highest BCUT2D eigenvalue weighted by atomic mass is 35.5. The SMILES string of the molecule is Cn1ncc(NC(=O)ON=Cc2c(F)cccc2Cl)c1Cl. The van der Waals surface area contributed by atoms with Crippen molar-refractivity contribution in [3.8, 4) is 0 Å². The molecule has 0 aliphatic rings. The number of oxime groups is 1. The van der Waals surface area contributed by atoms with Crippen LogP contribution in [-0.2, 0) is 11.9 Å². The highest BCUT2D eigenvalue weighted by molar-refractivity contribution is 6.33. The Morgan fingerprint density at radius 1 is 1.52 bits per heavy atom. The molecule has 2 rings (SSSR count). The summed E-state index contributed by atoms with van der Waals surface area (Å²) in [7, 11) is 1.61. The second-order valence-corrected chi connectivity index (χ2v) is 4.61. The topological polar surface area (TPSA) is 68.5 Å². The molecule has 0 radical (unpaired) electrons. The Labute approximate surface area is 129 Å². The minimum absolute atomic E-state index is 0.0198. The Balaban J connectivity index is 1.98. The van der Waals surface area contributed by atoms with Crippen LogP contribution >= 0.6 is 23.2 Å². The average molecular weight is 331 g/mol. The third-order valence-corrected chi connectivity index (χ3v) is 3.20. The summed E-state index contributed by atoms with van der Waals surface area (Å²) in [5, 5.41) is 9.90. The molecule has 0 saturated heterocycles. The summed E-state index contributed by atoms with van der Waals surface area (Å²) in [5.74, 6) is -0.578. The summed E-state index contributed by atoms with van der Waals surface area (Å²) in [4.78, 5) is 16.0. The number of aromatic nitrogens is 2. The number of anilines is 1. The number of aryl methyl sites for hydroxylation is 1. The molecule has 6 nitrogen and oxygen atoms in total. The smallest absolute Gasteiger partial charge is 0.298 e. The fraction of sp³-hybridized carbons (Fsp3) is 0.0833. The van der Waals surface area contributed by atoms with Crippen molar-refractivity contribution >= 4 is 41.2 Å². The van der Waals surface area contributed by atoms with Crippen LogP contribution in [0.2, 0.25) is 10.2 Å². The van der Waals surface area contributed by atoms with E-state index < -0.39 is 11.9 Å². The van der Waals surface area contributed by atoms with Crippen molar-refractivity contribution in [3.63, 3.8) is 0 Å². The first kappa shape index (κ1) is 15.3. The van der Waals surface area contributed by atoms with Gasteiger partial charge in [-0.15, -0.1) is 0 Å². The molecule has 0 aliphatic carbocycles. The van der Waals surface area contributed by atoms with Gasteiger partial charge in [0.1, 0.15) is 11.5 Å². The van der Waals surface area contributed by atoms with Gasteiger partial charge in [0.05, 0.1) is 23.0 Å². The number of nitrogens with zero attached hydrogens (tertiary/aromatic N) is 3. The largest absolute Gasteiger partial charge is 0.437 e. The zero-order valence-electron chi connectivity index (χ0n) is 10.7. The molecule has 1 heterocycles. The van der Waals surface area contributed by atoms with Gasteiger partial charge in [-0.1, -0.05) is 34.4 Å². The van der Waals surface area contributed by atoms with Gasteiger partial charge >= 0.3 is 6.09 Å². The molecule has 9 heteroatoms. The van der Waals surface area contributed by atoms with Gasteiger partial charge in [0.2, 0.25) is 0 Å². The fourth-order valence-electron chi connectivity index (χ4n) is 1.40. The third kappa shape index (κ3) is 3.71. The van der Waals surface area contributed by atoms with Crippen LogP contribution in [0.5, 0.6) is 0 Å². The number of carbonyl (C=O) groups is 1. The van der Waals surface area contributed by atoms with Gasteiger partial charge in [-0.3, -0.25) is 14.8 Å². The number of carbonyl (C=O) groups excluding carboxylic acids is 1. The summed E-state index contributed by atoms with van der Waals surface area (Å²) in [6.45, 7) is 0. The van der Waals surface area contributed by atoms with Crippen LogP contribution in [-0.4, -0.2) is 22.1 Å². The predicted octanol–water partition coefficient (Wildman–Crippen LogP) is 3.45. The Hall–Kier alpha value is -2.12. The lowest BCUT2D eigenvalue weighted by Crippen LogP contribution is -2.11. The molecule has 1 N–H and O–H groups in total. The van der Waals surface area contributed by atoms with E-state index in [1.807, 2.05) is 0 Å². The van der Waals surface area contributed by atoms with E-state index in [-0.39, 0.29) is 21.4 Å². The van der Waals surface area contributed by atoms with E-state index in [0.717, 1.165) is 6.21 Å². The van der Waals surface area contributed by atoms with Crippen LogP contribution in [0.3, 0.4) is 0 Å². The molecular weight excluding hydrogens is 322 g/mol. The van der Waals surface area contributed by atoms with Crippen molar-refractivity contribution in [1.29, 1.82) is 0 Å². The van der Waals surface area contributed by atoms with Gasteiger partial charge < -0.3 is 0 Å². The maximum atomic E-state index is 13.4.